The molecule has 0 radical (unpaired) electrons. The molecule has 1 aromatic carbocycles. The molecule has 1 amide bonds. The van der Waals surface area contributed by atoms with E-state index in [2.05, 4.69) is 5.32 Å². The Morgan fingerprint density at radius 3 is 2.14 bits per heavy atom. The van der Waals surface area contributed by atoms with E-state index in [1.807, 2.05) is 0 Å². The number of benzene rings is 1. The lowest BCUT2D eigenvalue weighted by atomic mass is 10.3. The van der Waals surface area contributed by atoms with Crippen LogP contribution in [0.4, 0.5) is 15.2 Å². The van der Waals surface area contributed by atoms with Crippen LogP contribution in [0.1, 0.15) is 0 Å². The van der Waals surface area contributed by atoms with Crippen molar-refractivity contribution >= 4 is 46.6 Å². The summed E-state index contributed by atoms with van der Waals surface area (Å²) >= 11 is 17.0. The Morgan fingerprint density at radius 2 is 1.64 bits per heavy atom. The second-order valence-corrected chi connectivity index (χ2v) is 3.40. The Morgan fingerprint density at radius 1 is 1.14 bits per heavy atom. The van der Waals surface area contributed by atoms with Gasteiger partial charge in [-0.1, -0.05) is 34.8 Å². The fraction of sp³-hybridized carbons (Fsp3) is 0. The molecule has 14 heavy (non-hydrogen) atoms. The van der Waals surface area contributed by atoms with Gasteiger partial charge in [-0.2, -0.15) is 0 Å². The van der Waals surface area contributed by atoms with Crippen molar-refractivity contribution in [2.75, 3.05) is 5.32 Å². The van der Waals surface area contributed by atoms with Crippen LogP contribution in [0, 0.1) is 0 Å². The minimum atomic E-state index is -1.21. The zero-order chi connectivity index (χ0) is 10.0. The average molecular weight is 260 g/mol. The molecule has 1 rings (SSSR count). The van der Waals surface area contributed by atoms with Crippen LogP contribution in [0.5, 0.6) is 0 Å². The number of anilines is 1. The lowest BCUT2D eigenvalue weighted by Crippen LogP contribution is -2.07. The van der Waals surface area contributed by atoms with Crippen molar-refractivity contribution in [3.05, 3.63) is 27.2 Å². The second-order valence-electron chi connectivity index (χ2n) is 2.18. The van der Waals surface area contributed by atoms with E-state index < -0.39 is 6.09 Å². The molecule has 0 atom stereocenters. The number of carboxylic acid groups (broad SMARTS) is 1. The van der Waals surface area contributed by atoms with E-state index in [0.717, 1.165) is 0 Å². The first-order valence-electron chi connectivity index (χ1n) is 3.15. The van der Waals surface area contributed by atoms with Crippen molar-refractivity contribution in [2.45, 2.75) is 0 Å². The van der Waals surface area contributed by atoms with E-state index in [9.17, 15) is 4.79 Å². The van der Waals surface area contributed by atoms with Gasteiger partial charge in [0, 0.05) is 0 Å². The molecule has 3 nitrogen and oxygen atoms in total. The fourth-order valence-electron chi connectivity index (χ4n) is 0.734. The summed E-state index contributed by atoms with van der Waals surface area (Å²) in [6, 6.07) is 2.72. The smallest absolute Gasteiger partial charge is 0.409 e. The minimum Gasteiger partial charge on any atom is -0.465 e. The summed E-state index contributed by atoms with van der Waals surface area (Å²) in [5.74, 6) is 0. The molecule has 0 unspecified atom stereocenters. The highest BCUT2D eigenvalue weighted by Gasteiger charge is 2.07. The van der Waals surface area contributed by atoms with Crippen LogP contribution in [0.25, 0.3) is 0 Å². The minimum absolute atomic E-state index is 0. The van der Waals surface area contributed by atoms with Crippen LogP contribution in [0.2, 0.25) is 15.1 Å². The van der Waals surface area contributed by atoms with Crippen molar-refractivity contribution in [2.24, 2.45) is 0 Å². The SMILES string of the molecule is F.O=C(O)Nc1cc(Cl)c(Cl)cc1Cl. The maximum Gasteiger partial charge on any atom is 0.409 e. The molecule has 0 aliphatic heterocycles. The lowest BCUT2D eigenvalue weighted by Gasteiger charge is -2.04. The van der Waals surface area contributed by atoms with Crippen LogP contribution in [-0.4, -0.2) is 11.2 Å². The van der Waals surface area contributed by atoms with E-state index in [1.165, 1.54) is 12.1 Å². The Hall–Kier alpha value is -0.710. The Kier molecular flexibility index (Phi) is 4.97. The van der Waals surface area contributed by atoms with Crippen molar-refractivity contribution in [3.63, 3.8) is 0 Å². The van der Waals surface area contributed by atoms with E-state index in [1.54, 1.807) is 0 Å². The van der Waals surface area contributed by atoms with Crippen molar-refractivity contribution in [1.29, 1.82) is 0 Å². The Bertz CT molecular complexity index is 359. The molecule has 0 aliphatic rings. The van der Waals surface area contributed by atoms with E-state index >= 15 is 0 Å². The van der Waals surface area contributed by atoms with Crippen molar-refractivity contribution in [3.8, 4) is 0 Å². The summed E-state index contributed by atoms with van der Waals surface area (Å²) in [5.41, 5.74) is 0.212. The van der Waals surface area contributed by atoms with Crippen LogP contribution >= 0.6 is 34.8 Å². The number of hydrogen-bond acceptors (Lipinski definition) is 1. The van der Waals surface area contributed by atoms with Crippen LogP contribution in [0.15, 0.2) is 12.1 Å². The van der Waals surface area contributed by atoms with E-state index in [0.29, 0.717) is 0 Å². The number of rotatable bonds is 1. The van der Waals surface area contributed by atoms with Gasteiger partial charge in [0.05, 0.1) is 20.8 Å². The zero-order valence-corrected chi connectivity index (χ0v) is 8.82. The number of nitrogens with one attached hydrogen (secondary N) is 1. The highest BCUT2D eigenvalue weighted by molar-refractivity contribution is 6.44. The number of halogens is 4. The molecular formula is C7H5Cl3FNO2. The number of hydrogen-bond donors (Lipinski definition) is 2. The topological polar surface area (TPSA) is 49.3 Å². The van der Waals surface area contributed by atoms with Crippen molar-refractivity contribution < 1.29 is 14.6 Å². The van der Waals surface area contributed by atoms with Gasteiger partial charge >= 0.3 is 6.09 Å². The Labute approximate surface area is 93.9 Å². The average Bonchev–Trinajstić information content (AvgIpc) is 1.99. The summed E-state index contributed by atoms with van der Waals surface area (Å²) < 4.78 is 0. The molecule has 7 heteroatoms. The number of carbonyl (C=O) groups is 1. The van der Waals surface area contributed by atoms with Gasteiger partial charge in [-0.3, -0.25) is 10.0 Å². The van der Waals surface area contributed by atoms with Gasteiger partial charge in [0.2, 0.25) is 0 Å². The molecule has 1 aromatic rings. The highest BCUT2D eigenvalue weighted by atomic mass is 35.5. The molecule has 0 saturated carbocycles. The van der Waals surface area contributed by atoms with E-state index in [-0.39, 0.29) is 25.5 Å². The normalized spacial score (nSPS) is 9.07. The zero-order valence-electron chi connectivity index (χ0n) is 6.55. The maximum absolute atomic E-state index is 10.3. The molecule has 78 valence electrons. The Balaban J connectivity index is 0.00000169. The monoisotopic (exact) mass is 259 g/mol. The van der Waals surface area contributed by atoms with Crippen molar-refractivity contribution in [1.82, 2.24) is 0 Å². The first-order valence-corrected chi connectivity index (χ1v) is 4.28. The standard InChI is InChI=1S/C7H4Cl3NO2.FH/c8-3-1-5(10)6(2-4(3)9)11-7(12)13;/h1-2,11H,(H,12,13);1H. The summed E-state index contributed by atoms with van der Waals surface area (Å²) in [4.78, 5) is 10.3. The van der Waals surface area contributed by atoms with Crippen LogP contribution < -0.4 is 5.32 Å². The van der Waals surface area contributed by atoms with Gasteiger partial charge in [-0.05, 0) is 12.1 Å². The quantitative estimate of drug-likeness (QED) is 0.753. The summed E-state index contributed by atoms with van der Waals surface area (Å²) in [7, 11) is 0. The van der Waals surface area contributed by atoms with Crippen LogP contribution in [0.3, 0.4) is 0 Å². The van der Waals surface area contributed by atoms with Gasteiger partial charge in [-0.15, -0.1) is 0 Å². The largest absolute Gasteiger partial charge is 0.465 e. The fourth-order valence-corrected chi connectivity index (χ4v) is 1.33. The maximum atomic E-state index is 10.3. The van der Waals surface area contributed by atoms with Gasteiger partial charge < -0.3 is 5.11 Å². The van der Waals surface area contributed by atoms with E-state index in [4.69, 9.17) is 39.9 Å². The van der Waals surface area contributed by atoms with Gasteiger partial charge in [0.25, 0.3) is 0 Å². The predicted molar refractivity (Wildman–Crippen MR) is 55.6 cm³/mol. The predicted octanol–water partition coefficient (Wildman–Crippen LogP) is 3.89. The summed E-state index contributed by atoms with van der Waals surface area (Å²) in [5, 5.41) is 11.2. The molecule has 2 N–H and O–H groups in total. The highest BCUT2D eigenvalue weighted by Crippen LogP contribution is 2.31. The second kappa shape index (κ2) is 5.24. The number of amides is 1. The molecule has 0 aliphatic carbocycles. The molecule has 0 saturated heterocycles. The molecule has 0 spiro atoms. The lowest BCUT2D eigenvalue weighted by molar-refractivity contribution is 0.210. The first-order chi connectivity index (χ1) is 6.00. The molecule has 0 heterocycles. The molecule has 0 fully saturated rings. The molecule has 0 aromatic heterocycles. The summed E-state index contributed by atoms with van der Waals surface area (Å²) in [6.45, 7) is 0. The first kappa shape index (κ1) is 13.3. The van der Waals surface area contributed by atoms with Crippen LogP contribution in [-0.2, 0) is 0 Å². The van der Waals surface area contributed by atoms with Gasteiger partial charge in [-0.25, -0.2) is 4.79 Å². The third-order valence-electron chi connectivity index (χ3n) is 1.25. The molecular weight excluding hydrogens is 255 g/mol. The third-order valence-corrected chi connectivity index (χ3v) is 2.29. The third kappa shape index (κ3) is 3.21. The summed E-state index contributed by atoms with van der Waals surface area (Å²) in [6.07, 6.45) is -1.21. The van der Waals surface area contributed by atoms with Gasteiger partial charge in [0.15, 0.2) is 0 Å². The van der Waals surface area contributed by atoms with Gasteiger partial charge in [0.1, 0.15) is 0 Å². The molecule has 0 bridgehead atoms.